The van der Waals surface area contributed by atoms with Crippen LogP contribution in [0.1, 0.15) is 0 Å². The number of nitrogens with zero attached hydrogens (tertiary/aromatic N) is 3. The molecule has 0 spiro atoms. The van der Waals surface area contributed by atoms with Gasteiger partial charge in [0.2, 0.25) is 0 Å². The molecule has 0 saturated heterocycles. The molecule has 0 aliphatic rings. The second kappa shape index (κ2) is 13.4. The summed E-state index contributed by atoms with van der Waals surface area (Å²) in [4.78, 5) is 30.8. The van der Waals surface area contributed by atoms with Crippen molar-refractivity contribution in [3.05, 3.63) is 221 Å². The number of para-hydroxylation sites is 2. The fourth-order valence-corrected chi connectivity index (χ4v) is 8.41. The maximum absolute atomic E-state index is 14.4. The van der Waals surface area contributed by atoms with E-state index in [9.17, 15) is 9.59 Å². The van der Waals surface area contributed by atoms with Crippen molar-refractivity contribution < 1.29 is 4.42 Å². The molecule has 0 aliphatic carbocycles. The smallest absolute Gasteiger partial charge is 0.280 e. The molecule has 11 aromatic rings. The number of pyridine rings is 1. The predicted molar refractivity (Wildman–Crippen MR) is 237 cm³/mol. The number of hydrogen-bond acceptors (Lipinski definition) is 4. The molecule has 0 saturated carbocycles. The lowest BCUT2D eigenvalue weighted by molar-refractivity contribution is 0.669. The lowest BCUT2D eigenvalue weighted by Crippen LogP contribution is -2.27. The molecule has 0 N–H and O–H groups in total. The summed E-state index contributed by atoms with van der Waals surface area (Å²) in [5.74, 6) is 0. The fraction of sp³-hybridized carbons (Fsp3) is 0. The molecule has 0 bridgehead atoms. The molecule has 0 unspecified atom stereocenters. The SMILES string of the molecule is O=c1c2cc3ccccc3c(=O)n2c2ccc(-c3ccc(N(c4cccc(-c5ccccc5)c4)c4cccc5oc6ccccc6c45)cc3)cc2n1-c1ccccc1. The van der Waals surface area contributed by atoms with Crippen molar-refractivity contribution >= 4 is 66.3 Å². The largest absolute Gasteiger partial charge is 0.456 e. The highest BCUT2D eigenvalue weighted by Crippen LogP contribution is 2.44. The van der Waals surface area contributed by atoms with Gasteiger partial charge in [0.05, 0.1) is 22.1 Å². The number of benzene rings is 8. The highest BCUT2D eigenvalue weighted by Gasteiger charge is 2.21. The van der Waals surface area contributed by atoms with Crippen LogP contribution in [0.3, 0.4) is 0 Å². The topological polar surface area (TPSA) is 59.9 Å². The monoisotopic (exact) mass is 747 g/mol. The molecule has 3 aromatic heterocycles. The Kier molecular flexibility index (Phi) is 7.69. The van der Waals surface area contributed by atoms with Gasteiger partial charge in [0.1, 0.15) is 16.7 Å². The van der Waals surface area contributed by atoms with Gasteiger partial charge in [-0.2, -0.15) is 0 Å². The van der Waals surface area contributed by atoms with E-state index in [2.05, 4.69) is 89.8 Å². The number of anilines is 3. The van der Waals surface area contributed by atoms with E-state index in [1.54, 1.807) is 8.97 Å². The minimum Gasteiger partial charge on any atom is -0.456 e. The van der Waals surface area contributed by atoms with Crippen LogP contribution in [0.15, 0.2) is 214 Å². The van der Waals surface area contributed by atoms with E-state index >= 15 is 0 Å². The first-order valence-electron chi connectivity index (χ1n) is 19.3. The van der Waals surface area contributed by atoms with Gasteiger partial charge in [-0.25, -0.2) is 0 Å². The van der Waals surface area contributed by atoms with Crippen LogP contribution in [-0.2, 0) is 0 Å². The third-order valence-corrected chi connectivity index (χ3v) is 11.1. The van der Waals surface area contributed by atoms with E-state index in [-0.39, 0.29) is 11.1 Å². The quantitative estimate of drug-likeness (QED) is 0.126. The molecule has 0 amide bonds. The summed E-state index contributed by atoms with van der Waals surface area (Å²) >= 11 is 0. The maximum atomic E-state index is 14.4. The van der Waals surface area contributed by atoms with Crippen molar-refractivity contribution in [3.8, 4) is 27.9 Å². The molecule has 11 rings (SSSR count). The van der Waals surface area contributed by atoms with E-state index in [4.69, 9.17) is 4.42 Å². The molecule has 58 heavy (non-hydrogen) atoms. The van der Waals surface area contributed by atoms with Crippen LogP contribution in [0.4, 0.5) is 17.1 Å². The number of furan rings is 1. The van der Waals surface area contributed by atoms with E-state index < -0.39 is 0 Å². The van der Waals surface area contributed by atoms with Gasteiger partial charge >= 0.3 is 0 Å². The van der Waals surface area contributed by atoms with Crippen molar-refractivity contribution in [1.82, 2.24) is 8.97 Å². The lowest BCUT2D eigenvalue weighted by atomic mass is 10.0. The van der Waals surface area contributed by atoms with Gasteiger partial charge in [-0.15, -0.1) is 0 Å². The Morgan fingerprint density at radius 3 is 1.88 bits per heavy atom. The molecule has 6 heteroatoms. The standard InChI is InChI=1S/C52H33N3O3/c56-51-42-20-8-7-15-38(42)33-47-52(57)54(39-17-5-2-6-18-39)46-32-37(27-30-44(46)55(47)51)35-25-28-40(29-26-35)53(41-19-11-16-36(31-41)34-13-3-1-4-14-34)45-22-12-24-49-50(45)43-21-9-10-23-48(43)58-49/h1-33H. The van der Waals surface area contributed by atoms with E-state index in [1.807, 2.05) is 115 Å². The predicted octanol–water partition coefficient (Wildman–Crippen LogP) is 12.5. The molecule has 0 radical (unpaired) electrons. The van der Waals surface area contributed by atoms with Gasteiger partial charge in [0.25, 0.3) is 11.1 Å². The Balaban J connectivity index is 1.10. The molecule has 3 heterocycles. The Morgan fingerprint density at radius 2 is 1.05 bits per heavy atom. The number of fused-ring (bicyclic) bond motifs is 7. The van der Waals surface area contributed by atoms with Crippen molar-refractivity contribution in [1.29, 1.82) is 0 Å². The fourth-order valence-electron chi connectivity index (χ4n) is 8.41. The van der Waals surface area contributed by atoms with Crippen molar-refractivity contribution in [2.75, 3.05) is 4.90 Å². The van der Waals surface area contributed by atoms with E-state index in [0.29, 0.717) is 21.9 Å². The van der Waals surface area contributed by atoms with Gasteiger partial charge in [-0.05, 0) is 107 Å². The summed E-state index contributed by atoms with van der Waals surface area (Å²) in [5, 5.41) is 3.39. The van der Waals surface area contributed by atoms with E-state index in [1.165, 1.54) is 0 Å². The first-order valence-corrected chi connectivity index (χ1v) is 19.3. The molecule has 0 fully saturated rings. The summed E-state index contributed by atoms with van der Waals surface area (Å²) in [5.41, 5.74) is 10.6. The third-order valence-electron chi connectivity index (χ3n) is 11.1. The van der Waals surface area contributed by atoms with Gasteiger partial charge in [-0.3, -0.25) is 18.6 Å². The van der Waals surface area contributed by atoms with Gasteiger partial charge in [0.15, 0.2) is 0 Å². The maximum Gasteiger partial charge on any atom is 0.280 e. The minimum absolute atomic E-state index is 0.218. The first-order chi connectivity index (χ1) is 28.6. The van der Waals surface area contributed by atoms with E-state index in [0.717, 1.165) is 72.3 Å². The minimum atomic E-state index is -0.261. The molecular weight excluding hydrogens is 715 g/mol. The number of rotatable bonds is 6. The zero-order chi connectivity index (χ0) is 38.7. The van der Waals surface area contributed by atoms with Crippen molar-refractivity contribution in [3.63, 3.8) is 0 Å². The first kappa shape index (κ1) is 33.4. The van der Waals surface area contributed by atoms with Crippen LogP contribution in [0.5, 0.6) is 0 Å². The zero-order valence-electron chi connectivity index (χ0n) is 31.1. The third kappa shape index (κ3) is 5.34. The highest BCUT2D eigenvalue weighted by molar-refractivity contribution is 6.13. The Labute approximate surface area is 332 Å². The molecule has 0 atom stereocenters. The van der Waals surface area contributed by atoms with Gasteiger partial charge < -0.3 is 9.32 Å². The summed E-state index contributed by atoms with van der Waals surface area (Å²) in [6, 6.07) is 66.7. The van der Waals surface area contributed by atoms with Crippen LogP contribution >= 0.6 is 0 Å². The normalized spacial score (nSPS) is 11.6. The Hall–Kier alpha value is -7.96. The molecule has 8 aromatic carbocycles. The summed E-state index contributed by atoms with van der Waals surface area (Å²) in [6.07, 6.45) is 0. The summed E-state index contributed by atoms with van der Waals surface area (Å²) in [7, 11) is 0. The van der Waals surface area contributed by atoms with Crippen LogP contribution in [0, 0.1) is 0 Å². The van der Waals surface area contributed by atoms with Gasteiger partial charge in [-0.1, -0.05) is 121 Å². The zero-order valence-corrected chi connectivity index (χ0v) is 31.1. The van der Waals surface area contributed by atoms with Crippen LogP contribution in [-0.4, -0.2) is 8.97 Å². The molecule has 274 valence electrons. The number of hydrogen-bond donors (Lipinski definition) is 0. The van der Waals surface area contributed by atoms with Crippen LogP contribution < -0.4 is 16.0 Å². The van der Waals surface area contributed by atoms with Crippen molar-refractivity contribution in [2.45, 2.75) is 0 Å². The Bertz CT molecular complexity index is 3490. The second-order valence-electron chi connectivity index (χ2n) is 14.5. The molecule has 0 aliphatic heterocycles. The van der Waals surface area contributed by atoms with Crippen molar-refractivity contribution in [2.24, 2.45) is 0 Å². The lowest BCUT2D eigenvalue weighted by Gasteiger charge is -2.27. The average Bonchev–Trinajstić information content (AvgIpc) is 3.67. The van der Waals surface area contributed by atoms with Gasteiger partial charge in [0, 0.05) is 27.8 Å². The molecular formula is C52H33N3O3. The van der Waals surface area contributed by atoms with Crippen LogP contribution in [0.2, 0.25) is 0 Å². The van der Waals surface area contributed by atoms with Crippen LogP contribution in [0.25, 0.3) is 77.2 Å². The number of aromatic nitrogens is 2. The average molecular weight is 748 g/mol. The molecule has 6 nitrogen and oxygen atoms in total. The summed E-state index contributed by atoms with van der Waals surface area (Å²) < 4.78 is 9.63. The Morgan fingerprint density at radius 1 is 0.414 bits per heavy atom. The second-order valence-corrected chi connectivity index (χ2v) is 14.5. The summed E-state index contributed by atoms with van der Waals surface area (Å²) in [6.45, 7) is 0. The highest BCUT2D eigenvalue weighted by atomic mass is 16.3.